The molecule has 0 aromatic heterocycles. The summed E-state index contributed by atoms with van der Waals surface area (Å²) in [5.41, 5.74) is 2.05. The lowest BCUT2D eigenvalue weighted by Gasteiger charge is -2.46. The van der Waals surface area contributed by atoms with Gasteiger partial charge in [0.2, 0.25) is 5.91 Å². The van der Waals surface area contributed by atoms with Gasteiger partial charge in [-0.05, 0) is 87.8 Å². The number of carbonyl (C=O) groups is 2. The van der Waals surface area contributed by atoms with Crippen LogP contribution >= 0.6 is 0 Å². The molecule has 1 N–H and O–H groups in total. The second-order valence-corrected chi connectivity index (χ2v) is 9.42. The number of carboxylic acid groups (broad SMARTS) is 1. The largest absolute Gasteiger partial charge is 0.483 e. The molecule has 0 bridgehead atoms. The SMILES string of the molecule is O=C(CC1CCC2(CC1)CCN(CCc1ccccc1)CC2)N1CCCC1.O=CO. The molecule has 166 valence electrons. The van der Waals surface area contributed by atoms with Crippen LogP contribution in [0.1, 0.15) is 63.4 Å². The molecular formula is C25H38N2O3. The van der Waals surface area contributed by atoms with E-state index in [9.17, 15) is 4.79 Å². The summed E-state index contributed by atoms with van der Waals surface area (Å²) in [6.45, 7) is 5.50. The van der Waals surface area contributed by atoms with Crippen LogP contribution in [0.3, 0.4) is 0 Å². The van der Waals surface area contributed by atoms with Crippen LogP contribution in [0.15, 0.2) is 30.3 Å². The lowest BCUT2D eigenvalue weighted by molar-refractivity contribution is -0.131. The van der Waals surface area contributed by atoms with E-state index in [0.29, 0.717) is 17.2 Å². The zero-order valence-corrected chi connectivity index (χ0v) is 18.3. The van der Waals surface area contributed by atoms with Crippen molar-refractivity contribution in [3.63, 3.8) is 0 Å². The van der Waals surface area contributed by atoms with Gasteiger partial charge in [-0.1, -0.05) is 30.3 Å². The lowest BCUT2D eigenvalue weighted by Crippen LogP contribution is -2.43. The molecule has 5 heteroatoms. The van der Waals surface area contributed by atoms with E-state index in [2.05, 4.69) is 40.1 Å². The van der Waals surface area contributed by atoms with Crippen LogP contribution in [0.5, 0.6) is 0 Å². The van der Waals surface area contributed by atoms with Gasteiger partial charge in [-0.3, -0.25) is 9.59 Å². The normalized spacial score (nSPS) is 21.8. The molecular weight excluding hydrogens is 376 g/mol. The summed E-state index contributed by atoms with van der Waals surface area (Å²) in [7, 11) is 0. The van der Waals surface area contributed by atoms with Crippen LogP contribution < -0.4 is 0 Å². The summed E-state index contributed by atoms with van der Waals surface area (Å²) in [5, 5.41) is 6.89. The van der Waals surface area contributed by atoms with Crippen LogP contribution in [0, 0.1) is 11.3 Å². The molecule has 3 fully saturated rings. The highest BCUT2D eigenvalue weighted by atomic mass is 16.3. The molecule has 1 amide bonds. The maximum atomic E-state index is 12.4. The predicted octanol–water partition coefficient (Wildman–Crippen LogP) is 4.21. The van der Waals surface area contributed by atoms with E-state index in [0.717, 1.165) is 19.5 Å². The fourth-order valence-corrected chi connectivity index (χ4v) is 5.52. The highest BCUT2D eigenvalue weighted by Crippen LogP contribution is 2.47. The molecule has 1 spiro atoms. The number of nitrogens with zero attached hydrogens (tertiary/aromatic N) is 2. The minimum Gasteiger partial charge on any atom is -0.483 e. The first-order chi connectivity index (χ1) is 14.6. The molecule has 0 atom stereocenters. The number of amides is 1. The average Bonchev–Trinajstić information content (AvgIpc) is 3.32. The first-order valence-electron chi connectivity index (χ1n) is 11.8. The van der Waals surface area contributed by atoms with Gasteiger partial charge < -0.3 is 14.9 Å². The number of likely N-dealkylation sites (tertiary alicyclic amines) is 2. The van der Waals surface area contributed by atoms with Crippen LogP contribution in [-0.4, -0.2) is 60.0 Å². The molecule has 5 nitrogen and oxygen atoms in total. The van der Waals surface area contributed by atoms with E-state index in [1.165, 1.54) is 83.0 Å². The monoisotopic (exact) mass is 414 g/mol. The highest BCUT2D eigenvalue weighted by molar-refractivity contribution is 5.76. The highest BCUT2D eigenvalue weighted by Gasteiger charge is 2.38. The van der Waals surface area contributed by atoms with Crippen LogP contribution in [0.25, 0.3) is 0 Å². The molecule has 0 unspecified atom stereocenters. The second kappa shape index (κ2) is 11.5. The molecule has 2 aliphatic heterocycles. The predicted molar refractivity (Wildman–Crippen MR) is 119 cm³/mol. The number of hydrogen-bond donors (Lipinski definition) is 1. The number of benzene rings is 1. The lowest BCUT2D eigenvalue weighted by atomic mass is 9.65. The van der Waals surface area contributed by atoms with Crippen molar-refractivity contribution in [1.29, 1.82) is 0 Å². The van der Waals surface area contributed by atoms with Crippen LogP contribution in [-0.2, 0) is 16.0 Å². The zero-order chi connectivity index (χ0) is 21.2. The Labute approximate surface area is 181 Å². The third-order valence-electron chi connectivity index (χ3n) is 7.56. The average molecular weight is 415 g/mol. The number of carbonyl (C=O) groups excluding carboxylic acids is 1. The Hall–Kier alpha value is -1.88. The molecule has 3 aliphatic rings. The van der Waals surface area contributed by atoms with E-state index >= 15 is 0 Å². The molecule has 1 aromatic rings. The van der Waals surface area contributed by atoms with Gasteiger partial charge in [0.1, 0.15) is 0 Å². The second-order valence-electron chi connectivity index (χ2n) is 9.42. The van der Waals surface area contributed by atoms with Crippen molar-refractivity contribution >= 4 is 12.4 Å². The summed E-state index contributed by atoms with van der Waals surface area (Å²) in [6.07, 6.45) is 12.4. The Balaban J connectivity index is 0.000000806. The van der Waals surface area contributed by atoms with Gasteiger partial charge in [0, 0.05) is 26.1 Å². The first-order valence-corrected chi connectivity index (χ1v) is 11.8. The summed E-state index contributed by atoms with van der Waals surface area (Å²) < 4.78 is 0. The van der Waals surface area contributed by atoms with Crippen LogP contribution in [0.2, 0.25) is 0 Å². The van der Waals surface area contributed by atoms with E-state index in [-0.39, 0.29) is 6.47 Å². The van der Waals surface area contributed by atoms with Crippen molar-refractivity contribution < 1.29 is 14.7 Å². The zero-order valence-electron chi connectivity index (χ0n) is 18.3. The molecule has 1 aliphatic carbocycles. The molecule has 30 heavy (non-hydrogen) atoms. The maximum absolute atomic E-state index is 12.4. The first kappa shape index (κ1) is 22.8. The van der Waals surface area contributed by atoms with Gasteiger partial charge in [0.15, 0.2) is 0 Å². The van der Waals surface area contributed by atoms with Gasteiger partial charge in [0.25, 0.3) is 6.47 Å². The Morgan fingerprint density at radius 1 is 1.00 bits per heavy atom. The molecule has 2 saturated heterocycles. The van der Waals surface area contributed by atoms with Crippen molar-refractivity contribution in [3.8, 4) is 0 Å². The maximum Gasteiger partial charge on any atom is 0.290 e. The van der Waals surface area contributed by atoms with Gasteiger partial charge in [-0.15, -0.1) is 0 Å². The molecule has 4 rings (SSSR count). The number of piperidine rings is 1. The fourth-order valence-electron chi connectivity index (χ4n) is 5.52. The fraction of sp³-hybridized carbons (Fsp3) is 0.680. The topological polar surface area (TPSA) is 60.9 Å². The van der Waals surface area contributed by atoms with E-state index in [1.807, 2.05) is 0 Å². The minimum absolute atomic E-state index is 0.250. The van der Waals surface area contributed by atoms with Crippen molar-refractivity contribution in [1.82, 2.24) is 9.80 Å². The molecule has 0 radical (unpaired) electrons. The van der Waals surface area contributed by atoms with Gasteiger partial charge >= 0.3 is 0 Å². The standard InChI is InChI=1S/C24H36N2O.CH2O2/c27-23(26-15-4-5-16-26)20-22-8-11-24(12-9-22)13-18-25(19-14-24)17-10-21-6-2-1-3-7-21;2-1-3/h1-3,6-7,22H,4-5,8-20H2;1H,(H,2,3). The molecule has 1 saturated carbocycles. The third kappa shape index (κ3) is 6.56. The van der Waals surface area contributed by atoms with Crippen molar-refractivity contribution in [2.75, 3.05) is 32.7 Å². The van der Waals surface area contributed by atoms with Gasteiger partial charge in [0.05, 0.1) is 0 Å². The Kier molecular flexibility index (Phi) is 8.74. The summed E-state index contributed by atoms with van der Waals surface area (Å²) in [5.74, 6) is 1.09. The van der Waals surface area contributed by atoms with E-state index in [1.54, 1.807) is 0 Å². The summed E-state index contributed by atoms with van der Waals surface area (Å²) >= 11 is 0. The Bertz CT molecular complexity index is 640. The molecule has 1 aromatic carbocycles. The smallest absolute Gasteiger partial charge is 0.290 e. The van der Waals surface area contributed by atoms with Crippen molar-refractivity contribution in [2.24, 2.45) is 11.3 Å². The summed E-state index contributed by atoms with van der Waals surface area (Å²) in [6, 6.07) is 10.9. The number of hydrogen-bond acceptors (Lipinski definition) is 3. The van der Waals surface area contributed by atoms with Crippen molar-refractivity contribution in [3.05, 3.63) is 35.9 Å². The Morgan fingerprint density at radius 3 is 2.20 bits per heavy atom. The Morgan fingerprint density at radius 2 is 1.60 bits per heavy atom. The van der Waals surface area contributed by atoms with E-state index < -0.39 is 0 Å². The third-order valence-corrected chi connectivity index (χ3v) is 7.56. The van der Waals surface area contributed by atoms with Gasteiger partial charge in [-0.25, -0.2) is 0 Å². The van der Waals surface area contributed by atoms with Crippen molar-refractivity contribution in [2.45, 2.75) is 64.2 Å². The van der Waals surface area contributed by atoms with Gasteiger partial charge in [-0.2, -0.15) is 0 Å². The quantitative estimate of drug-likeness (QED) is 0.733. The minimum atomic E-state index is -0.250. The molecule has 2 heterocycles. The number of rotatable bonds is 5. The van der Waals surface area contributed by atoms with Crippen LogP contribution in [0.4, 0.5) is 0 Å². The van der Waals surface area contributed by atoms with E-state index in [4.69, 9.17) is 9.90 Å². The summed E-state index contributed by atoms with van der Waals surface area (Å²) in [4.78, 5) is 25.6.